The van der Waals surface area contributed by atoms with E-state index < -0.39 is 12.0 Å². The van der Waals surface area contributed by atoms with E-state index in [-0.39, 0.29) is 24.3 Å². The van der Waals surface area contributed by atoms with Gasteiger partial charge in [-0.05, 0) is 18.1 Å². The first kappa shape index (κ1) is 13.6. The molecule has 0 aromatic heterocycles. The predicted molar refractivity (Wildman–Crippen MR) is 63.5 cm³/mol. The predicted octanol–water partition coefficient (Wildman–Crippen LogP) is 1.92. The molecule has 0 aliphatic rings. The van der Waals surface area contributed by atoms with Crippen molar-refractivity contribution >= 4 is 17.6 Å². The first-order valence-electron chi connectivity index (χ1n) is 4.99. The van der Waals surface area contributed by atoms with E-state index >= 15 is 0 Å². The third-order valence-electron chi connectivity index (χ3n) is 2.37. The molecule has 1 unspecified atom stereocenters. The fraction of sp³-hybridized carbons (Fsp3) is 0.364. The molecule has 0 heterocycles. The van der Waals surface area contributed by atoms with Crippen LogP contribution in [0.2, 0.25) is 5.02 Å². The maximum absolute atomic E-state index is 10.4. The number of phenols is 1. The Morgan fingerprint density at radius 1 is 1.59 bits per heavy atom. The van der Waals surface area contributed by atoms with E-state index in [1.807, 2.05) is 0 Å². The van der Waals surface area contributed by atoms with E-state index in [4.69, 9.17) is 27.2 Å². The largest absolute Gasteiger partial charge is 0.504 e. The fourth-order valence-corrected chi connectivity index (χ4v) is 1.74. The molecular formula is C11H14ClNO4. The molecule has 1 aromatic carbocycles. The Balaban J connectivity index is 2.90. The smallest absolute Gasteiger partial charge is 0.303 e. The summed E-state index contributed by atoms with van der Waals surface area (Å²) in [6, 6.07) is 2.32. The number of rotatable bonds is 5. The van der Waals surface area contributed by atoms with Crippen molar-refractivity contribution in [1.29, 1.82) is 0 Å². The second-order valence-corrected chi connectivity index (χ2v) is 3.99. The van der Waals surface area contributed by atoms with Crippen molar-refractivity contribution in [1.82, 2.24) is 0 Å². The molecule has 0 saturated carbocycles. The van der Waals surface area contributed by atoms with Gasteiger partial charge in [0.2, 0.25) is 0 Å². The average Bonchev–Trinajstić information content (AvgIpc) is 2.28. The number of methoxy groups -OCH3 is 1. The van der Waals surface area contributed by atoms with E-state index in [0.717, 1.165) is 0 Å². The number of phenolic OH excluding ortho intramolecular Hbond substituents is 1. The van der Waals surface area contributed by atoms with Gasteiger partial charge in [0.05, 0.1) is 7.11 Å². The highest BCUT2D eigenvalue weighted by atomic mass is 35.5. The molecule has 0 amide bonds. The number of ether oxygens (including phenoxy) is 1. The highest BCUT2D eigenvalue weighted by Crippen LogP contribution is 2.35. The number of carbonyl (C=O) groups is 1. The zero-order chi connectivity index (χ0) is 13.0. The third kappa shape index (κ3) is 3.51. The molecule has 0 aliphatic carbocycles. The van der Waals surface area contributed by atoms with Crippen LogP contribution in [0.15, 0.2) is 12.1 Å². The Labute approximate surface area is 104 Å². The van der Waals surface area contributed by atoms with Gasteiger partial charge in [-0.1, -0.05) is 11.6 Å². The Morgan fingerprint density at radius 2 is 2.24 bits per heavy atom. The number of hydrogen-bond donors (Lipinski definition) is 3. The number of benzene rings is 1. The van der Waals surface area contributed by atoms with Gasteiger partial charge in [0.15, 0.2) is 11.5 Å². The number of aliphatic carboxylic acids is 1. The van der Waals surface area contributed by atoms with E-state index in [1.165, 1.54) is 19.2 Å². The minimum Gasteiger partial charge on any atom is -0.504 e. The molecule has 4 N–H and O–H groups in total. The second-order valence-electron chi connectivity index (χ2n) is 3.58. The van der Waals surface area contributed by atoms with Crippen LogP contribution in [0, 0.1) is 0 Å². The van der Waals surface area contributed by atoms with Gasteiger partial charge in [0.1, 0.15) is 0 Å². The maximum atomic E-state index is 10.4. The Bertz CT molecular complexity index is 422. The molecular weight excluding hydrogens is 246 g/mol. The summed E-state index contributed by atoms with van der Waals surface area (Å²) in [5, 5.41) is 18.5. The van der Waals surface area contributed by atoms with Crippen molar-refractivity contribution in [3.8, 4) is 11.5 Å². The van der Waals surface area contributed by atoms with Crippen LogP contribution in [0.5, 0.6) is 11.5 Å². The van der Waals surface area contributed by atoms with Crippen LogP contribution in [0.25, 0.3) is 0 Å². The Kier molecular flexibility index (Phi) is 4.60. The molecule has 0 aliphatic heterocycles. The van der Waals surface area contributed by atoms with Gasteiger partial charge in [-0.2, -0.15) is 0 Å². The minimum atomic E-state index is -0.922. The highest BCUT2D eigenvalue weighted by Gasteiger charge is 2.15. The van der Waals surface area contributed by atoms with Crippen molar-refractivity contribution in [3.63, 3.8) is 0 Å². The molecule has 0 fully saturated rings. The summed E-state index contributed by atoms with van der Waals surface area (Å²) in [7, 11) is 1.41. The molecule has 1 rings (SSSR count). The number of carboxylic acids is 1. The summed E-state index contributed by atoms with van der Waals surface area (Å²) in [6.45, 7) is 0. The lowest BCUT2D eigenvalue weighted by atomic mass is 10.0. The van der Waals surface area contributed by atoms with Crippen LogP contribution < -0.4 is 10.5 Å². The van der Waals surface area contributed by atoms with Gasteiger partial charge in [0.25, 0.3) is 0 Å². The summed E-state index contributed by atoms with van der Waals surface area (Å²) in [4.78, 5) is 10.4. The normalized spacial score (nSPS) is 12.2. The summed E-state index contributed by atoms with van der Waals surface area (Å²) in [6.07, 6.45) is 0.200. The molecule has 1 aromatic rings. The number of hydrogen-bond acceptors (Lipinski definition) is 4. The van der Waals surface area contributed by atoms with Crippen LogP contribution in [0.4, 0.5) is 0 Å². The van der Waals surface area contributed by atoms with Crippen LogP contribution in [-0.4, -0.2) is 23.3 Å². The van der Waals surface area contributed by atoms with Gasteiger partial charge < -0.3 is 20.7 Å². The second kappa shape index (κ2) is 5.75. The summed E-state index contributed by atoms with van der Waals surface area (Å²) in [5.41, 5.74) is 6.31. The monoisotopic (exact) mass is 259 g/mol. The standard InChI is InChI=1S/C11H14ClNO4/c1-17-10-5-7(12)6(4-9(10)14)8(13)2-3-11(15)16/h4-5,8,14H,2-3,13H2,1H3,(H,15,16). The van der Waals surface area contributed by atoms with Crippen LogP contribution in [0.3, 0.4) is 0 Å². The zero-order valence-corrected chi connectivity index (χ0v) is 10.1. The van der Waals surface area contributed by atoms with Gasteiger partial charge in [-0.3, -0.25) is 4.79 Å². The topological polar surface area (TPSA) is 92.8 Å². The molecule has 0 spiro atoms. The van der Waals surface area contributed by atoms with Crippen molar-refractivity contribution in [2.75, 3.05) is 7.11 Å². The third-order valence-corrected chi connectivity index (χ3v) is 2.69. The van der Waals surface area contributed by atoms with Crippen LogP contribution in [-0.2, 0) is 4.79 Å². The first-order valence-corrected chi connectivity index (χ1v) is 5.37. The summed E-state index contributed by atoms with van der Waals surface area (Å²) >= 11 is 5.97. The molecule has 5 nitrogen and oxygen atoms in total. The van der Waals surface area contributed by atoms with Crippen molar-refractivity contribution in [2.45, 2.75) is 18.9 Å². The summed E-state index contributed by atoms with van der Waals surface area (Å²) in [5.74, 6) is -0.740. The minimum absolute atomic E-state index is 0.0513. The van der Waals surface area contributed by atoms with Crippen molar-refractivity contribution < 1.29 is 19.7 Å². The van der Waals surface area contributed by atoms with Gasteiger partial charge in [-0.15, -0.1) is 0 Å². The van der Waals surface area contributed by atoms with Gasteiger partial charge in [-0.25, -0.2) is 0 Å². The number of nitrogens with two attached hydrogens (primary N) is 1. The van der Waals surface area contributed by atoms with Gasteiger partial charge in [0, 0.05) is 23.6 Å². The molecule has 0 bridgehead atoms. The summed E-state index contributed by atoms with van der Waals surface area (Å²) < 4.78 is 4.89. The lowest BCUT2D eigenvalue weighted by Crippen LogP contribution is -2.12. The molecule has 17 heavy (non-hydrogen) atoms. The first-order chi connectivity index (χ1) is 7.95. The van der Waals surface area contributed by atoms with E-state index in [0.29, 0.717) is 10.6 Å². The molecule has 1 atom stereocenters. The van der Waals surface area contributed by atoms with E-state index in [2.05, 4.69) is 0 Å². The van der Waals surface area contributed by atoms with Crippen molar-refractivity contribution in [3.05, 3.63) is 22.7 Å². The lowest BCUT2D eigenvalue weighted by Gasteiger charge is -2.14. The van der Waals surface area contributed by atoms with Crippen LogP contribution in [0.1, 0.15) is 24.4 Å². The number of carboxylic acid groups (broad SMARTS) is 1. The average molecular weight is 260 g/mol. The molecule has 94 valence electrons. The number of aromatic hydroxyl groups is 1. The van der Waals surface area contributed by atoms with Gasteiger partial charge >= 0.3 is 5.97 Å². The molecule has 0 saturated heterocycles. The quantitative estimate of drug-likeness (QED) is 0.751. The Morgan fingerprint density at radius 3 is 2.76 bits per heavy atom. The van der Waals surface area contributed by atoms with E-state index in [1.54, 1.807) is 0 Å². The lowest BCUT2D eigenvalue weighted by molar-refractivity contribution is -0.137. The van der Waals surface area contributed by atoms with Crippen LogP contribution >= 0.6 is 11.6 Å². The van der Waals surface area contributed by atoms with E-state index in [9.17, 15) is 9.90 Å². The SMILES string of the molecule is COc1cc(Cl)c(C(N)CCC(=O)O)cc1O. The fourth-order valence-electron chi connectivity index (χ4n) is 1.44. The maximum Gasteiger partial charge on any atom is 0.303 e. The number of halogens is 1. The highest BCUT2D eigenvalue weighted by molar-refractivity contribution is 6.31. The Hall–Kier alpha value is -1.46. The van der Waals surface area contributed by atoms with Crippen molar-refractivity contribution in [2.24, 2.45) is 5.73 Å². The molecule has 0 radical (unpaired) electrons. The molecule has 6 heteroatoms. The zero-order valence-electron chi connectivity index (χ0n) is 9.31.